The first-order valence-corrected chi connectivity index (χ1v) is 10.3. The second-order valence-corrected chi connectivity index (χ2v) is 7.93. The molecule has 2 aromatic heterocycles. The van der Waals surface area contributed by atoms with Gasteiger partial charge in [0.2, 0.25) is 5.91 Å². The smallest absolute Gasteiger partial charge is 0.234 e. The Bertz CT molecular complexity index is 961. The number of nitrogens with zero attached hydrogens (tertiary/aromatic N) is 3. The van der Waals surface area contributed by atoms with E-state index in [1.807, 2.05) is 11.6 Å². The molecule has 27 heavy (non-hydrogen) atoms. The molecule has 0 spiro atoms. The Balaban J connectivity index is 1.59. The number of hydrogen-bond acceptors (Lipinski definition) is 6. The number of Topliss-reactive ketones (excluding diaryl/α,β-unsaturated/α-hetero) is 1. The Labute approximate surface area is 166 Å². The fourth-order valence-electron chi connectivity index (χ4n) is 2.49. The Morgan fingerprint density at radius 3 is 2.59 bits per heavy atom. The van der Waals surface area contributed by atoms with Crippen LogP contribution in [0.15, 0.2) is 40.9 Å². The molecule has 3 aromatic rings. The number of thioether (sulfide) groups is 1. The lowest BCUT2D eigenvalue weighted by molar-refractivity contribution is -0.113. The summed E-state index contributed by atoms with van der Waals surface area (Å²) < 4.78 is 1.90. The first-order valence-electron chi connectivity index (χ1n) is 8.48. The Morgan fingerprint density at radius 1 is 1.22 bits per heavy atom. The van der Waals surface area contributed by atoms with Gasteiger partial charge in [0, 0.05) is 34.1 Å². The maximum Gasteiger partial charge on any atom is 0.234 e. The molecule has 1 amide bonds. The summed E-state index contributed by atoms with van der Waals surface area (Å²) in [6, 6.07) is 8.97. The van der Waals surface area contributed by atoms with Crippen molar-refractivity contribution in [1.82, 2.24) is 14.8 Å². The maximum atomic E-state index is 12.2. The van der Waals surface area contributed by atoms with Crippen molar-refractivity contribution in [3.05, 3.63) is 46.2 Å². The number of aryl methyl sites for hydroxylation is 1. The lowest BCUT2D eigenvalue weighted by Crippen LogP contribution is -2.14. The van der Waals surface area contributed by atoms with E-state index in [2.05, 4.69) is 33.9 Å². The van der Waals surface area contributed by atoms with Crippen molar-refractivity contribution >= 4 is 40.5 Å². The van der Waals surface area contributed by atoms with E-state index in [4.69, 9.17) is 0 Å². The SMILES string of the molecule is CCc1cc(-c2nnc(SCC(=O)Nc3ccc(C(C)=O)cc3)n2C)cs1. The number of hydrogen-bond donors (Lipinski definition) is 1. The molecule has 2 heterocycles. The van der Waals surface area contributed by atoms with E-state index < -0.39 is 0 Å². The quantitative estimate of drug-likeness (QED) is 0.478. The van der Waals surface area contributed by atoms with Crippen LogP contribution in [-0.2, 0) is 18.3 Å². The number of ketones is 1. The standard InChI is InChI=1S/C19H20N4O2S2/c1-4-16-9-14(10-26-16)18-21-22-19(23(18)3)27-11-17(25)20-15-7-5-13(6-8-15)12(2)24/h5-10H,4,11H2,1-3H3,(H,20,25). The highest BCUT2D eigenvalue weighted by Gasteiger charge is 2.14. The molecule has 0 bridgehead atoms. The molecule has 0 unspecified atom stereocenters. The van der Waals surface area contributed by atoms with Crippen LogP contribution in [-0.4, -0.2) is 32.2 Å². The van der Waals surface area contributed by atoms with Gasteiger partial charge in [-0.05, 0) is 43.7 Å². The largest absolute Gasteiger partial charge is 0.325 e. The van der Waals surface area contributed by atoms with Crippen LogP contribution in [0, 0.1) is 0 Å². The van der Waals surface area contributed by atoms with E-state index in [0.29, 0.717) is 16.4 Å². The number of amides is 1. The number of rotatable bonds is 7. The number of thiophene rings is 1. The molecule has 0 saturated carbocycles. The predicted molar refractivity (Wildman–Crippen MR) is 109 cm³/mol. The molecular formula is C19H20N4O2S2. The Morgan fingerprint density at radius 2 is 1.96 bits per heavy atom. The summed E-state index contributed by atoms with van der Waals surface area (Å²) in [5, 5.41) is 14.0. The van der Waals surface area contributed by atoms with E-state index >= 15 is 0 Å². The zero-order valence-electron chi connectivity index (χ0n) is 15.4. The van der Waals surface area contributed by atoms with Crippen molar-refractivity contribution in [2.24, 2.45) is 7.05 Å². The second kappa shape index (κ2) is 8.49. The summed E-state index contributed by atoms with van der Waals surface area (Å²) in [4.78, 5) is 24.8. The number of carbonyl (C=O) groups excluding carboxylic acids is 2. The first kappa shape index (κ1) is 19.3. The van der Waals surface area contributed by atoms with Gasteiger partial charge in [-0.2, -0.15) is 0 Å². The third-order valence-corrected chi connectivity index (χ3v) is 6.10. The fourth-order valence-corrected chi connectivity index (χ4v) is 4.02. The average Bonchev–Trinajstić information content (AvgIpc) is 3.27. The van der Waals surface area contributed by atoms with Crippen LogP contribution in [0.2, 0.25) is 0 Å². The maximum absolute atomic E-state index is 12.2. The number of aromatic nitrogens is 3. The van der Waals surface area contributed by atoms with Crippen molar-refractivity contribution in [2.75, 3.05) is 11.1 Å². The Kier molecular flexibility index (Phi) is 6.08. The zero-order chi connectivity index (χ0) is 19.4. The average molecular weight is 401 g/mol. The summed E-state index contributed by atoms with van der Waals surface area (Å²) in [5.41, 5.74) is 2.33. The molecule has 0 saturated heterocycles. The zero-order valence-corrected chi connectivity index (χ0v) is 17.0. The van der Waals surface area contributed by atoms with Crippen molar-refractivity contribution in [2.45, 2.75) is 25.4 Å². The van der Waals surface area contributed by atoms with Gasteiger partial charge < -0.3 is 9.88 Å². The summed E-state index contributed by atoms with van der Waals surface area (Å²) >= 11 is 3.05. The number of carbonyl (C=O) groups is 2. The molecule has 0 aliphatic carbocycles. The summed E-state index contributed by atoms with van der Waals surface area (Å²) in [7, 11) is 1.90. The van der Waals surface area contributed by atoms with Gasteiger partial charge in [-0.3, -0.25) is 9.59 Å². The van der Waals surface area contributed by atoms with Gasteiger partial charge in [-0.15, -0.1) is 21.5 Å². The van der Waals surface area contributed by atoms with Crippen LogP contribution in [0.3, 0.4) is 0 Å². The highest BCUT2D eigenvalue weighted by molar-refractivity contribution is 7.99. The van der Waals surface area contributed by atoms with Gasteiger partial charge in [0.15, 0.2) is 16.8 Å². The van der Waals surface area contributed by atoms with E-state index in [0.717, 1.165) is 17.8 Å². The van der Waals surface area contributed by atoms with Crippen LogP contribution in [0.25, 0.3) is 11.4 Å². The van der Waals surface area contributed by atoms with Crippen molar-refractivity contribution in [1.29, 1.82) is 0 Å². The molecule has 0 atom stereocenters. The van der Waals surface area contributed by atoms with Gasteiger partial charge in [0.05, 0.1) is 5.75 Å². The Hall–Kier alpha value is -2.45. The predicted octanol–water partition coefficient (Wildman–Crippen LogP) is 4.04. The van der Waals surface area contributed by atoms with Gasteiger partial charge in [0.1, 0.15) is 0 Å². The van der Waals surface area contributed by atoms with Gasteiger partial charge in [0.25, 0.3) is 0 Å². The highest BCUT2D eigenvalue weighted by atomic mass is 32.2. The minimum absolute atomic E-state index is 0.00167. The number of nitrogens with one attached hydrogen (secondary N) is 1. The molecule has 8 heteroatoms. The van der Waals surface area contributed by atoms with Crippen LogP contribution >= 0.6 is 23.1 Å². The van der Waals surface area contributed by atoms with E-state index in [1.54, 1.807) is 35.6 Å². The summed E-state index contributed by atoms with van der Waals surface area (Å²) in [6.45, 7) is 3.64. The van der Waals surface area contributed by atoms with E-state index in [1.165, 1.54) is 23.6 Å². The molecule has 140 valence electrons. The fraction of sp³-hybridized carbons (Fsp3) is 0.263. The number of benzene rings is 1. The van der Waals surface area contributed by atoms with Gasteiger partial charge >= 0.3 is 0 Å². The van der Waals surface area contributed by atoms with Crippen molar-refractivity contribution in [3.63, 3.8) is 0 Å². The molecule has 1 aromatic carbocycles. The molecule has 0 fully saturated rings. The highest BCUT2D eigenvalue weighted by Crippen LogP contribution is 2.27. The summed E-state index contributed by atoms with van der Waals surface area (Å²) in [5.74, 6) is 0.889. The molecular weight excluding hydrogens is 380 g/mol. The first-order chi connectivity index (χ1) is 13.0. The normalized spacial score (nSPS) is 10.8. The minimum atomic E-state index is -0.135. The molecule has 0 aliphatic rings. The van der Waals surface area contributed by atoms with E-state index in [9.17, 15) is 9.59 Å². The summed E-state index contributed by atoms with van der Waals surface area (Å²) in [6.07, 6.45) is 0.998. The van der Waals surface area contributed by atoms with Crippen LogP contribution in [0.1, 0.15) is 29.1 Å². The van der Waals surface area contributed by atoms with E-state index in [-0.39, 0.29) is 17.4 Å². The lowest BCUT2D eigenvalue weighted by Gasteiger charge is -2.06. The lowest BCUT2D eigenvalue weighted by atomic mass is 10.1. The molecule has 6 nitrogen and oxygen atoms in total. The van der Waals surface area contributed by atoms with Gasteiger partial charge in [-0.25, -0.2) is 0 Å². The third-order valence-electron chi connectivity index (χ3n) is 4.00. The topological polar surface area (TPSA) is 76.9 Å². The second-order valence-electron chi connectivity index (χ2n) is 5.99. The molecule has 1 N–H and O–H groups in total. The van der Waals surface area contributed by atoms with Gasteiger partial charge in [-0.1, -0.05) is 18.7 Å². The molecule has 0 aliphatic heterocycles. The number of anilines is 1. The molecule has 0 radical (unpaired) electrons. The van der Waals surface area contributed by atoms with Crippen LogP contribution < -0.4 is 5.32 Å². The van der Waals surface area contributed by atoms with Crippen molar-refractivity contribution in [3.8, 4) is 11.4 Å². The van der Waals surface area contributed by atoms with Crippen molar-refractivity contribution < 1.29 is 9.59 Å². The minimum Gasteiger partial charge on any atom is -0.325 e. The van der Waals surface area contributed by atoms with Crippen LogP contribution in [0.5, 0.6) is 0 Å². The monoisotopic (exact) mass is 400 g/mol. The van der Waals surface area contributed by atoms with Crippen LogP contribution in [0.4, 0.5) is 5.69 Å². The third kappa shape index (κ3) is 4.64. The molecule has 3 rings (SSSR count).